The number of anilines is 1. The fourth-order valence-corrected chi connectivity index (χ4v) is 4.29. The number of nitrogen functional groups attached to an aromatic ring is 1. The second-order valence-electron chi connectivity index (χ2n) is 8.97. The SMILES string of the molecule is COCCOCCn1cc(-c2cc(-c3ccc4ncnc(C)c4c3)c(-c3ccc(C)cc3)nc2N)cn1. The molecular formula is C29H30N6O2. The maximum atomic E-state index is 6.54. The molecular weight excluding hydrogens is 464 g/mol. The third-order valence-corrected chi connectivity index (χ3v) is 6.36. The van der Waals surface area contributed by atoms with Crippen molar-refractivity contribution in [2.75, 3.05) is 32.7 Å². The van der Waals surface area contributed by atoms with Crippen LogP contribution in [-0.4, -0.2) is 51.7 Å². The summed E-state index contributed by atoms with van der Waals surface area (Å²) in [4.78, 5) is 13.7. The third-order valence-electron chi connectivity index (χ3n) is 6.36. The Bertz CT molecular complexity index is 1530. The van der Waals surface area contributed by atoms with E-state index < -0.39 is 0 Å². The summed E-state index contributed by atoms with van der Waals surface area (Å²) in [6, 6.07) is 16.7. The predicted octanol–water partition coefficient (Wildman–Crippen LogP) is 5.08. The van der Waals surface area contributed by atoms with Crippen LogP contribution in [0, 0.1) is 13.8 Å². The first-order chi connectivity index (χ1) is 18.0. The van der Waals surface area contributed by atoms with Crippen molar-refractivity contribution in [2.45, 2.75) is 20.4 Å². The Labute approximate surface area is 216 Å². The molecule has 188 valence electrons. The van der Waals surface area contributed by atoms with Gasteiger partial charge in [0, 0.05) is 46.6 Å². The Kier molecular flexibility index (Phi) is 7.20. The van der Waals surface area contributed by atoms with Gasteiger partial charge < -0.3 is 15.2 Å². The highest BCUT2D eigenvalue weighted by atomic mass is 16.5. The molecule has 0 unspecified atom stereocenters. The molecule has 0 saturated heterocycles. The van der Waals surface area contributed by atoms with Gasteiger partial charge >= 0.3 is 0 Å². The zero-order valence-corrected chi connectivity index (χ0v) is 21.3. The van der Waals surface area contributed by atoms with E-state index >= 15 is 0 Å². The van der Waals surface area contributed by atoms with Crippen LogP contribution in [0.1, 0.15) is 11.3 Å². The topological polar surface area (TPSA) is 101 Å². The van der Waals surface area contributed by atoms with E-state index in [0.717, 1.165) is 50.1 Å². The molecule has 0 aliphatic heterocycles. The summed E-state index contributed by atoms with van der Waals surface area (Å²) in [6.45, 7) is 6.38. The lowest BCUT2D eigenvalue weighted by molar-refractivity contribution is 0.0654. The van der Waals surface area contributed by atoms with Gasteiger partial charge in [0.2, 0.25) is 0 Å². The largest absolute Gasteiger partial charge is 0.383 e. The van der Waals surface area contributed by atoms with Gasteiger partial charge in [-0.25, -0.2) is 15.0 Å². The van der Waals surface area contributed by atoms with Crippen molar-refractivity contribution < 1.29 is 9.47 Å². The van der Waals surface area contributed by atoms with Gasteiger partial charge in [0.05, 0.1) is 43.8 Å². The highest BCUT2D eigenvalue weighted by Gasteiger charge is 2.17. The summed E-state index contributed by atoms with van der Waals surface area (Å²) in [5, 5.41) is 5.51. The number of pyridine rings is 1. The van der Waals surface area contributed by atoms with Crippen LogP contribution in [0.25, 0.3) is 44.4 Å². The maximum absolute atomic E-state index is 6.54. The molecule has 0 spiro atoms. The average Bonchev–Trinajstić information content (AvgIpc) is 3.38. The summed E-state index contributed by atoms with van der Waals surface area (Å²) in [7, 11) is 1.66. The molecule has 0 aliphatic carbocycles. The lowest BCUT2D eigenvalue weighted by atomic mass is 9.94. The number of ether oxygens (including phenoxy) is 2. The molecule has 0 fully saturated rings. The number of benzene rings is 2. The third kappa shape index (κ3) is 5.35. The fraction of sp³-hybridized carbons (Fsp3) is 0.241. The number of hydrogen-bond donors (Lipinski definition) is 1. The summed E-state index contributed by atoms with van der Waals surface area (Å²) in [5.41, 5.74) is 15.1. The van der Waals surface area contributed by atoms with Gasteiger partial charge in [-0.3, -0.25) is 4.68 Å². The van der Waals surface area contributed by atoms with Crippen LogP contribution in [0.15, 0.2) is 67.3 Å². The number of fused-ring (bicyclic) bond motifs is 1. The minimum absolute atomic E-state index is 0.454. The van der Waals surface area contributed by atoms with Crippen LogP contribution in [0.2, 0.25) is 0 Å². The molecule has 0 radical (unpaired) electrons. The van der Waals surface area contributed by atoms with Crippen LogP contribution < -0.4 is 5.73 Å². The summed E-state index contributed by atoms with van der Waals surface area (Å²) in [5.74, 6) is 0.454. The molecule has 2 aromatic carbocycles. The van der Waals surface area contributed by atoms with Crippen molar-refractivity contribution in [1.29, 1.82) is 0 Å². The summed E-state index contributed by atoms with van der Waals surface area (Å²) >= 11 is 0. The number of hydrogen-bond acceptors (Lipinski definition) is 7. The predicted molar refractivity (Wildman–Crippen MR) is 146 cm³/mol. The van der Waals surface area contributed by atoms with Crippen LogP contribution in [0.4, 0.5) is 5.82 Å². The van der Waals surface area contributed by atoms with Gasteiger partial charge in [-0.05, 0) is 37.6 Å². The average molecular weight is 495 g/mol. The standard InChI is InChI=1S/C29H30N6O2/c1-19-4-6-21(7-5-19)28-25(22-8-9-27-24(14-22)20(2)31-18-32-27)15-26(29(30)34-28)23-16-33-35(17-23)10-11-37-13-12-36-3/h4-9,14-18H,10-13H2,1-3H3,(H2,30,34). The number of nitrogens with two attached hydrogens (primary N) is 1. The van der Waals surface area contributed by atoms with Crippen molar-refractivity contribution in [2.24, 2.45) is 0 Å². The van der Waals surface area contributed by atoms with Crippen molar-refractivity contribution >= 4 is 16.7 Å². The van der Waals surface area contributed by atoms with Crippen LogP contribution in [0.3, 0.4) is 0 Å². The van der Waals surface area contributed by atoms with E-state index in [4.69, 9.17) is 20.2 Å². The van der Waals surface area contributed by atoms with Gasteiger partial charge in [0.15, 0.2) is 0 Å². The van der Waals surface area contributed by atoms with E-state index in [9.17, 15) is 0 Å². The Morgan fingerprint density at radius 2 is 1.68 bits per heavy atom. The lowest BCUT2D eigenvalue weighted by Gasteiger charge is -2.15. The zero-order valence-electron chi connectivity index (χ0n) is 21.3. The first-order valence-electron chi connectivity index (χ1n) is 12.2. The van der Waals surface area contributed by atoms with Crippen molar-refractivity contribution in [3.05, 3.63) is 78.5 Å². The molecule has 3 aromatic heterocycles. The number of methoxy groups -OCH3 is 1. The first kappa shape index (κ1) is 24.5. The van der Waals surface area contributed by atoms with E-state index in [2.05, 4.69) is 64.5 Å². The number of nitrogens with zero attached hydrogens (tertiary/aromatic N) is 5. The molecule has 2 N–H and O–H groups in total. The van der Waals surface area contributed by atoms with E-state index in [1.54, 1.807) is 13.4 Å². The molecule has 3 heterocycles. The summed E-state index contributed by atoms with van der Waals surface area (Å²) in [6.07, 6.45) is 5.38. The van der Waals surface area contributed by atoms with Gasteiger partial charge in [0.1, 0.15) is 12.1 Å². The molecule has 0 bridgehead atoms. The number of aryl methyl sites for hydroxylation is 2. The lowest BCUT2D eigenvalue weighted by Crippen LogP contribution is -2.09. The molecule has 0 amide bonds. The fourth-order valence-electron chi connectivity index (χ4n) is 4.29. The Balaban J connectivity index is 1.57. The zero-order chi connectivity index (χ0) is 25.8. The summed E-state index contributed by atoms with van der Waals surface area (Å²) < 4.78 is 12.5. The second kappa shape index (κ2) is 10.9. The van der Waals surface area contributed by atoms with Gasteiger partial charge in [-0.15, -0.1) is 0 Å². The monoisotopic (exact) mass is 494 g/mol. The molecule has 37 heavy (non-hydrogen) atoms. The molecule has 0 atom stereocenters. The Hall–Kier alpha value is -4.14. The maximum Gasteiger partial charge on any atom is 0.132 e. The van der Waals surface area contributed by atoms with Gasteiger partial charge in [-0.1, -0.05) is 35.9 Å². The number of aromatic nitrogens is 5. The van der Waals surface area contributed by atoms with Gasteiger partial charge in [-0.2, -0.15) is 5.10 Å². The minimum Gasteiger partial charge on any atom is -0.383 e. The van der Waals surface area contributed by atoms with E-state index in [-0.39, 0.29) is 0 Å². The normalized spacial score (nSPS) is 11.3. The van der Waals surface area contributed by atoms with E-state index in [0.29, 0.717) is 32.2 Å². The molecule has 5 aromatic rings. The van der Waals surface area contributed by atoms with Gasteiger partial charge in [0.25, 0.3) is 0 Å². The smallest absolute Gasteiger partial charge is 0.132 e. The van der Waals surface area contributed by atoms with E-state index in [1.807, 2.05) is 30.1 Å². The quantitative estimate of drug-likeness (QED) is 0.285. The molecule has 8 nitrogen and oxygen atoms in total. The number of rotatable bonds is 9. The van der Waals surface area contributed by atoms with Crippen molar-refractivity contribution in [1.82, 2.24) is 24.7 Å². The molecule has 5 rings (SSSR count). The highest BCUT2D eigenvalue weighted by Crippen LogP contribution is 2.38. The Morgan fingerprint density at radius 1 is 0.865 bits per heavy atom. The van der Waals surface area contributed by atoms with Crippen molar-refractivity contribution in [3.63, 3.8) is 0 Å². The van der Waals surface area contributed by atoms with E-state index in [1.165, 1.54) is 5.56 Å². The second-order valence-corrected chi connectivity index (χ2v) is 8.97. The molecule has 0 aliphatic rings. The van der Waals surface area contributed by atoms with Crippen LogP contribution in [-0.2, 0) is 16.0 Å². The Morgan fingerprint density at radius 3 is 2.49 bits per heavy atom. The molecule has 8 heteroatoms. The first-order valence-corrected chi connectivity index (χ1v) is 12.2. The highest BCUT2D eigenvalue weighted by molar-refractivity contribution is 5.92. The van der Waals surface area contributed by atoms with Crippen molar-refractivity contribution in [3.8, 4) is 33.5 Å². The minimum atomic E-state index is 0.454. The van der Waals surface area contributed by atoms with Crippen LogP contribution >= 0.6 is 0 Å². The molecule has 0 saturated carbocycles. The van der Waals surface area contributed by atoms with Crippen LogP contribution in [0.5, 0.6) is 0 Å².